The highest BCUT2D eigenvalue weighted by Crippen LogP contribution is 2.13. The summed E-state index contributed by atoms with van der Waals surface area (Å²) in [5.74, 6) is 1.03. The van der Waals surface area contributed by atoms with Gasteiger partial charge >= 0.3 is 0 Å². The maximum absolute atomic E-state index is 11.0. The molecular formula is C15H25N3O2. The first kappa shape index (κ1) is 16.3. The summed E-state index contributed by atoms with van der Waals surface area (Å²) in [7, 11) is 0. The molecule has 0 spiro atoms. The molecule has 0 aromatic heterocycles. The summed E-state index contributed by atoms with van der Waals surface area (Å²) >= 11 is 0. The number of nitrogen functional groups attached to an aromatic ring is 1. The molecule has 5 heteroatoms. The minimum atomic E-state index is -0.287. The Labute approximate surface area is 120 Å². The van der Waals surface area contributed by atoms with E-state index < -0.39 is 0 Å². The zero-order valence-corrected chi connectivity index (χ0v) is 12.3. The molecule has 0 atom stereocenters. The van der Waals surface area contributed by atoms with E-state index in [4.69, 9.17) is 16.2 Å². The van der Waals surface area contributed by atoms with Gasteiger partial charge in [0, 0.05) is 18.8 Å². The Hall–Kier alpha value is -1.75. The number of amides is 1. The number of ether oxygens (including phenoxy) is 1. The molecule has 0 unspecified atom stereocenters. The lowest BCUT2D eigenvalue weighted by molar-refractivity contribution is -0.119. The van der Waals surface area contributed by atoms with E-state index in [0.717, 1.165) is 30.9 Å². The number of rotatable bonds is 9. The summed E-state index contributed by atoms with van der Waals surface area (Å²) in [4.78, 5) is 13.1. The fraction of sp³-hybridized carbons (Fsp3) is 0.533. The van der Waals surface area contributed by atoms with Gasteiger partial charge in [-0.3, -0.25) is 9.69 Å². The summed E-state index contributed by atoms with van der Waals surface area (Å²) < 4.78 is 5.62. The highest BCUT2D eigenvalue weighted by Gasteiger charge is 2.09. The van der Waals surface area contributed by atoms with E-state index >= 15 is 0 Å². The van der Waals surface area contributed by atoms with Crippen LogP contribution in [0.15, 0.2) is 24.3 Å². The standard InChI is InChI=1S/C15H25N3O2/c1-12(2)10-18(11-15(17)19)8-3-9-20-14-6-4-13(16)5-7-14/h4-7,12H,3,8-11,16H2,1-2H3,(H2,17,19). The smallest absolute Gasteiger partial charge is 0.231 e. The van der Waals surface area contributed by atoms with Crippen molar-refractivity contribution in [2.24, 2.45) is 11.7 Å². The van der Waals surface area contributed by atoms with Crippen LogP contribution in [0.1, 0.15) is 20.3 Å². The summed E-state index contributed by atoms with van der Waals surface area (Å²) in [6.07, 6.45) is 0.852. The Bertz CT molecular complexity index is 404. The summed E-state index contributed by atoms with van der Waals surface area (Å²) in [6.45, 7) is 6.83. The zero-order chi connectivity index (χ0) is 15.0. The molecule has 0 aliphatic rings. The average molecular weight is 279 g/mol. The lowest BCUT2D eigenvalue weighted by atomic mass is 10.2. The molecule has 0 radical (unpaired) electrons. The van der Waals surface area contributed by atoms with Crippen LogP contribution in [0.5, 0.6) is 5.75 Å². The zero-order valence-electron chi connectivity index (χ0n) is 12.3. The molecule has 0 saturated carbocycles. The van der Waals surface area contributed by atoms with Crippen LogP contribution in [0.4, 0.5) is 5.69 Å². The van der Waals surface area contributed by atoms with Gasteiger partial charge in [0.1, 0.15) is 5.75 Å². The van der Waals surface area contributed by atoms with Crippen molar-refractivity contribution in [2.75, 3.05) is 32.0 Å². The monoisotopic (exact) mass is 279 g/mol. The Balaban J connectivity index is 2.29. The van der Waals surface area contributed by atoms with E-state index in [1.165, 1.54) is 0 Å². The molecule has 0 aliphatic carbocycles. The molecule has 0 aliphatic heterocycles. The van der Waals surface area contributed by atoms with Crippen LogP contribution in [0.2, 0.25) is 0 Å². The molecule has 0 heterocycles. The van der Waals surface area contributed by atoms with Crippen LogP contribution in [-0.2, 0) is 4.79 Å². The van der Waals surface area contributed by atoms with Crippen LogP contribution in [0, 0.1) is 5.92 Å². The second kappa shape index (κ2) is 8.43. The average Bonchev–Trinajstić information content (AvgIpc) is 2.35. The predicted molar refractivity (Wildman–Crippen MR) is 81.4 cm³/mol. The lowest BCUT2D eigenvalue weighted by Gasteiger charge is -2.22. The van der Waals surface area contributed by atoms with Crippen molar-refractivity contribution >= 4 is 11.6 Å². The SMILES string of the molecule is CC(C)CN(CCCOc1ccc(N)cc1)CC(N)=O. The fourth-order valence-corrected chi connectivity index (χ4v) is 2.01. The number of nitrogens with zero attached hydrogens (tertiary/aromatic N) is 1. The Morgan fingerprint density at radius 3 is 2.50 bits per heavy atom. The molecule has 0 bridgehead atoms. The van der Waals surface area contributed by atoms with Gasteiger partial charge in [-0.1, -0.05) is 13.8 Å². The second-order valence-electron chi connectivity index (χ2n) is 5.37. The van der Waals surface area contributed by atoms with Crippen LogP contribution in [0.25, 0.3) is 0 Å². The maximum Gasteiger partial charge on any atom is 0.231 e. The van der Waals surface area contributed by atoms with E-state index in [-0.39, 0.29) is 5.91 Å². The third-order valence-electron chi connectivity index (χ3n) is 2.77. The normalized spacial score (nSPS) is 11.0. The lowest BCUT2D eigenvalue weighted by Crippen LogP contribution is -2.37. The number of hydrogen-bond donors (Lipinski definition) is 2. The first-order valence-electron chi connectivity index (χ1n) is 6.96. The fourth-order valence-electron chi connectivity index (χ4n) is 2.01. The summed E-state index contributed by atoms with van der Waals surface area (Å²) in [5.41, 5.74) is 11.6. The summed E-state index contributed by atoms with van der Waals surface area (Å²) in [5, 5.41) is 0. The van der Waals surface area contributed by atoms with Gasteiger partial charge in [-0.15, -0.1) is 0 Å². The number of hydrogen-bond acceptors (Lipinski definition) is 4. The third-order valence-corrected chi connectivity index (χ3v) is 2.77. The van der Waals surface area contributed by atoms with Gasteiger partial charge in [0.25, 0.3) is 0 Å². The minimum Gasteiger partial charge on any atom is -0.494 e. The van der Waals surface area contributed by atoms with Gasteiger partial charge in [0.2, 0.25) is 5.91 Å². The number of nitrogens with two attached hydrogens (primary N) is 2. The van der Waals surface area contributed by atoms with Crippen molar-refractivity contribution in [2.45, 2.75) is 20.3 Å². The molecule has 1 amide bonds. The second-order valence-corrected chi connectivity index (χ2v) is 5.37. The Kier molecular flexibility index (Phi) is 6.87. The number of benzene rings is 1. The van der Waals surface area contributed by atoms with Crippen molar-refractivity contribution in [3.05, 3.63) is 24.3 Å². The van der Waals surface area contributed by atoms with Crippen LogP contribution >= 0.6 is 0 Å². The molecule has 112 valence electrons. The molecule has 20 heavy (non-hydrogen) atoms. The number of primary amides is 1. The van der Waals surface area contributed by atoms with E-state index in [2.05, 4.69) is 18.7 Å². The minimum absolute atomic E-state index is 0.287. The molecular weight excluding hydrogens is 254 g/mol. The Morgan fingerprint density at radius 1 is 1.30 bits per heavy atom. The van der Waals surface area contributed by atoms with Gasteiger partial charge in [-0.25, -0.2) is 0 Å². The Morgan fingerprint density at radius 2 is 1.95 bits per heavy atom. The van der Waals surface area contributed by atoms with Crippen LogP contribution in [-0.4, -0.2) is 37.0 Å². The van der Waals surface area contributed by atoms with E-state index in [1.807, 2.05) is 24.3 Å². The van der Waals surface area contributed by atoms with Crippen molar-refractivity contribution in [3.63, 3.8) is 0 Å². The van der Waals surface area contributed by atoms with Crippen LogP contribution < -0.4 is 16.2 Å². The molecule has 5 nitrogen and oxygen atoms in total. The third kappa shape index (κ3) is 6.99. The molecule has 1 rings (SSSR count). The van der Waals surface area contributed by atoms with Gasteiger partial charge in [0.05, 0.1) is 13.2 Å². The molecule has 1 aromatic carbocycles. The van der Waals surface area contributed by atoms with Crippen molar-refractivity contribution in [1.29, 1.82) is 0 Å². The number of carbonyl (C=O) groups excluding carboxylic acids is 1. The van der Waals surface area contributed by atoms with Gasteiger partial charge < -0.3 is 16.2 Å². The molecule has 0 fully saturated rings. The molecule has 1 aromatic rings. The first-order chi connectivity index (χ1) is 9.47. The van der Waals surface area contributed by atoms with E-state index in [1.54, 1.807) is 0 Å². The van der Waals surface area contributed by atoms with Gasteiger partial charge in [-0.05, 0) is 36.6 Å². The summed E-state index contributed by atoms with van der Waals surface area (Å²) in [6, 6.07) is 7.33. The largest absolute Gasteiger partial charge is 0.494 e. The highest BCUT2D eigenvalue weighted by atomic mass is 16.5. The highest BCUT2D eigenvalue weighted by molar-refractivity contribution is 5.75. The van der Waals surface area contributed by atoms with E-state index in [0.29, 0.717) is 19.1 Å². The van der Waals surface area contributed by atoms with E-state index in [9.17, 15) is 4.79 Å². The first-order valence-corrected chi connectivity index (χ1v) is 6.96. The number of anilines is 1. The maximum atomic E-state index is 11.0. The topological polar surface area (TPSA) is 81.6 Å². The van der Waals surface area contributed by atoms with Gasteiger partial charge in [-0.2, -0.15) is 0 Å². The predicted octanol–water partition coefficient (Wildman–Crippen LogP) is 1.48. The quantitative estimate of drug-likeness (QED) is 0.530. The number of carbonyl (C=O) groups is 1. The molecule has 0 saturated heterocycles. The van der Waals surface area contributed by atoms with Crippen LogP contribution in [0.3, 0.4) is 0 Å². The molecule has 4 N–H and O–H groups in total. The van der Waals surface area contributed by atoms with Crippen molar-refractivity contribution in [3.8, 4) is 5.75 Å². The van der Waals surface area contributed by atoms with Crippen molar-refractivity contribution in [1.82, 2.24) is 4.90 Å². The van der Waals surface area contributed by atoms with Crippen molar-refractivity contribution < 1.29 is 9.53 Å². The van der Waals surface area contributed by atoms with Gasteiger partial charge in [0.15, 0.2) is 0 Å².